The molecule has 1 aliphatic heterocycles. The molecule has 196 valence electrons. The van der Waals surface area contributed by atoms with E-state index in [0.717, 1.165) is 5.75 Å². The molecule has 0 aliphatic carbocycles. The summed E-state index contributed by atoms with van der Waals surface area (Å²) in [6.07, 6.45) is 2.17. The summed E-state index contributed by atoms with van der Waals surface area (Å²) in [5.74, 6) is 0.603. The summed E-state index contributed by atoms with van der Waals surface area (Å²) >= 11 is 0. The highest BCUT2D eigenvalue weighted by Gasteiger charge is 2.21. The summed E-state index contributed by atoms with van der Waals surface area (Å²) in [5, 5.41) is 9.50. The zero-order chi connectivity index (χ0) is 26.8. The van der Waals surface area contributed by atoms with Gasteiger partial charge in [0, 0.05) is 19.5 Å². The van der Waals surface area contributed by atoms with Gasteiger partial charge in [0.2, 0.25) is 0 Å². The van der Waals surface area contributed by atoms with Crippen molar-refractivity contribution in [3.63, 3.8) is 0 Å². The highest BCUT2D eigenvalue weighted by Crippen LogP contribution is 2.30. The minimum atomic E-state index is -0.409. The van der Waals surface area contributed by atoms with E-state index in [-0.39, 0.29) is 29.1 Å². The van der Waals surface area contributed by atoms with E-state index >= 15 is 0 Å². The summed E-state index contributed by atoms with van der Waals surface area (Å²) in [6.45, 7) is 8.67. The fourth-order valence-corrected chi connectivity index (χ4v) is 3.73. The molecule has 0 saturated carbocycles. The van der Waals surface area contributed by atoms with Gasteiger partial charge < -0.3 is 23.8 Å². The molecule has 1 heterocycles. The number of hydrogen-bond acceptors (Lipinski definition) is 7. The van der Waals surface area contributed by atoms with Gasteiger partial charge in [-0.05, 0) is 53.3 Å². The zero-order valence-electron chi connectivity index (χ0n) is 21.9. The lowest BCUT2D eigenvalue weighted by molar-refractivity contribution is -0.134. The van der Waals surface area contributed by atoms with Crippen LogP contribution in [0.3, 0.4) is 0 Å². The molecule has 1 fully saturated rings. The molecule has 3 rings (SSSR count). The smallest absolute Gasteiger partial charge is 0.311 e. The van der Waals surface area contributed by atoms with Crippen LogP contribution >= 0.6 is 0 Å². The first-order valence-electron chi connectivity index (χ1n) is 12.3. The van der Waals surface area contributed by atoms with E-state index in [4.69, 9.17) is 18.9 Å². The van der Waals surface area contributed by atoms with Gasteiger partial charge in [0.05, 0.1) is 26.9 Å². The standard InChI is InChI=1S/C29H34N2O6/c1-29(2,3)23-8-10-24(11-9-23)36-15-5-6-27(32)37-25-12-7-21(19-26(25)34-4)18-22(20-30)28(33)31-13-16-35-17-14-31/h7-12,18-19H,5-6,13-17H2,1-4H3/b22-18+. The van der Waals surface area contributed by atoms with Crippen LogP contribution < -0.4 is 14.2 Å². The first kappa shape index (κ1) is 27.8. The topological polar surface area (TPSA) is 98.1 Å². The Hall–Kier alpha value is -3.83. The minimum absolute atomic E-state index is 0.0155. The summed E-state index contributed by atoms with van der Waals surface area (Å²) in [5.41, 5.74) is 1.91. The Kier molecular flexibility index (Phi) is 9.70. The molecule has 0 N–H and O–H groups in total. The Bertz CT molecular complexity index is 1150. The van der Waals surface area contributed by atoms with Crippen LogP contribution in [0.5, 0.6) is 17.2 Å². The largest absolute Gasteiger partial charge is 0.494 e. The Morgan fingerprint density at radius 2 is 1.78 bits per heavy atom. The molecule has 0 spiro atoms. The number of morpholine rings is 1. The SMILES string of the molecule is COc1cc(/C=C(\C#N)C(=O)N2CCOCC2)ccc1OC(=O)CCCOc1ccc(C(C)(C)C)cc1. The molecule has 1 aliphatic rings. The van der Waals surface area contributed by atoms with Crippen LogP contribution in [0, 0.1) is 11.3 Å². The molecule has 8 heteroatoms. The molecule has 1 saturated heterocycles. The van der Waals surface area contributed by atoms with Crippen LogP contribution in [0.1, 0.15) is 44.7 Å². The molecule has 8 nitrogen and oxygen atoms in total. The number of methoxy groups -OCH3 is 1. The maximum Gasteiger partial charge on any atom is 0.311 e. The van der Waals surface area contributed by atoms with Crippen molar-refractivity contribution in [2.24, 2.45) is 0 Å². The van der Waals surface area contributed by atoms with Crippen LogP contribution in [0.4, 0.5) is 0 Å². The molecular weight excluding hydrogens is 472 g/mol. The minimum Gasteiger partial charge on any atom is -0.494 e. The molecule has 0 bridgehead atoms. The van der Waals surface area contributed by atoms with Gasteiger partial charge in [-0.1, -0.05) is 39.0 Å². The number of ether oxygens (including phenoxy) is 4. The van der Waals surface area contributed by atoms with Gasteiger partial charge in [-0.15, -0.1) is 0 Å². The highest BCUT2D eigenvalue weighted by molar-refractivity contribution is 6.01. The summed E-state index contributed by atoms with van der Waals surface area (Å²) < 4.78 is 21.8. The number of esters is 1. The maximum absolute atomic E-state index is 12.6. The predicted octanol–water partition coefficient (Wildman–Crippen LogP) is 4.52. The van der Waals surface area contributed by atoms with Gasteiger partial charge in [-0.2, -0.15) is 5.26 Å². The first-order valence-corrected chi connectivity index (χ1v) is 12.3. The van der Waals surface area contributed by atoms with E-state index in [9.17, 15) is 14.9 Å². The van der Waals surface area contributed by atoms with Gasteiger partial charge in [-0.3, -0.25) is 9.59 Å². The van der Waals surface area contributed by atoms with Crippen molar-refractivity contribution in [1.29, 1.82) is 5.26 Å². The lowest BCUT2D eigenvalue weighted by atomic mass is 9.87. The number of rotatable bonds is 9. The Morgan fingerprint density at radius 3 is 2.41 bits per heavy atom. The van der Waals surface area contributed by atoms with Gasteiger partial charge in [0.15, 0.2) is 11.5 Å². The fraction of sp³-hybridized carbons (Fsp3) is 0.414. The second-order valence-electron chi connectivity index (χ2n) is 9.69. The van der Waals surface area contributed by atoms with E-state index in [0.29, 0.717) is 50.6 Å². The van der Waals surface area contributed by atoms with Crippen molar-refractivity contribution < 1.29 is 28.5 Å². The molecule has 37 heavy (non-hydrogen) atoms. The molecule has 0 unspecified atom stereocenters. The number of amides is 1. The first-order chi connectivity index (χ1) is 17.7. The van der Waals surface area contributed by atoms with Crippen LogP contribution in [0.25, 0.3) is 6.08 Å². The van der Waals surface area contributed by atoms with Crippen LogP contribution in [-0.2, 0) is 19.7 Å². The number of hydrogen-bond donors (Lipinski definition) is 0. The lowest BCUT2D eigenvalue weighted by Gasteiger charge is -2.26. The predicted molar refractivity (Wildman–Crippen MR) is 139 cm³/mol. The monoisotopic (exact) mass is 506 g/mol. The Morgan fingerprint density at radius 1 is 1.08 bits per heavy atom. The Balaban J connectivity index is 1.53. The van der Waals surface area contributed by atoms with Crippen molar-refractivity contribution in [2.45, 2.75) is 39.0 Å². The van der Waals surface area contributed by atoms with E-state index in [1.165, 1.54) is 18.7 Å². The number of nitriles is 1. The Labute approximate surface area is 218 Å². The molecule has 0 aromatic heterocycles. The second kappa shape index (κ2) is 12.9. The van der Waals surface area contributed by atoms with Gasteiger partial charge in [-0.25, -0.2) is 0 Å². The second-order valence-corrected chi connectivity index (χ2v) is 9.69. The molecule has 1 amide bonds. The third kappa shape index (κ3) is 8.09. The maximum atomic E-state index is 12.6. The molecule has 2 aromatic rings. The zero-order valence-corrected chi connectivity index (χ0v) is 21.9. The van der Waals surface area contributed by atoms with Crippen molar-refractivity contribution in [1.82, 2.24) is 4.90 Å². The quantitative estimate of drug-likeness (QED) is 0.162. The fourth-order valence-electron chi connectivity index (χ4n) is 3.73. The van der Waals surface area contributed by atoms with Gasteiger partial charge in [0.25, 0.3) is 5.91 Å². The van der Waals surface area contributed by atoms with E-state index in [2.05, 4.69) is 20.8 Å². The average molecular weight is 507 g/mol. The molecule has 0 radical (unpaired) electrons. The summed E-state index contributed by atoms with van der Waals surface area (Å²) in [4.78, 5) is 26.6. The van der Waals surface area contributed by atoms with Crippen molar-refractivity contribution in [3.8, 4) is 23.3 Å². The van der Waals surface area contributed by atoms with Crippen LogP contribution in [0.15, 0.2) is 48.0 Å². The van der Waals surface area contributed by atoms with Crippen molar-refractivity contribution in [2.75, 3.05) is 40.0 Å². The number of nitrogens with zero attached hydrogens (tertiary/aromatic N) is 2. The van der Waals surface area contributed by atoms with Crippen LogP contribution in [0.2, 0.25) is 0 Å². The van der Waals surface area contributed by atoms with Gasteiger partial charge >= 0.3 is 5.97 Å². The summed E-state index contributed by atoms with van der Waals surface area (Å²) in [6, 6.07) is 14.8. The van der Waals surface area contributed by atoms with E-state index in [1.54, 1.807) is 23.1 Å². The normalized spacial score (nSPS) is 14.0. The lowest BCUT2D eigenvalue weighted by Crippen LogP contribution is -2.41. The number of benzene rings is 2. The van der Waals surface area contributed by atoms with Gasteiger partial charge in [0.1, 0.15) is 17.4 Å². The van der Waals surface area contributed by atoms with E-state index < -0.39 is 5.97 Å². The van der Waals surface area contributed by atoms with Crippen LogP contribution in [-0.4, -0.2) is 56.8 Å². The third-order valence-electron chi connectivity index (χ3n) is 5.89. The number of carbonyl (C=O) groups is 2. The molecule has 2 aromatic carbocycles. The van der Waals surface area contributed by atoms with Crippen molar-refractivity contribution >= 4 is 18.0 Å². The van der Waals surface area contributed by atoms with Crippen molar-refractivity contribution in [3.05, 3.63) is 59.2 Å². The highest BCUT2D eigenvalue weighted by atomic mass is 16.6. The average Bonchev–Trinajstić information content (AvgIpc) is 2.90. The third-order valence-corrected chi connectivity index (χ3v) is 5.89. The molecule has 0 atom stereocenters. The summed E-state index contributed by atoms with van der Waals surface area (Å²) in [7, 11) is 1.46. The molecular formula is C29H34N2O6. The number of carbonyl (C=O) groups excluding carboxylic acids is 2. The van der Waals surface area contributed by atoms with E-state index in [1.807, 2.05) is 30.3 Å².